The van der Waals surface area contributed by atoms with Crippen LogP contribution in [0, 0.1) is 0 Å². The summed E-state index contributed by atoms with van der Waals surface area (Å²) in [6.07, 6.45) is 1.62. The fourth-order valence-corrected chi connectivity index (χ4v) is 3.48. The number of hydrogen-bond donors (Lipinski definition) is 2. The van der Waals surface area contributed by atoms with Gasteiger partial charge in [-0.1, -0.05) is 32.9 Å². The number of hydrogen-bond acceptors (Lipinski definition) is 4. The molecule has 2 aliphatic heterocycles. The van der Waals surface area contributed by atoms with Crippen molar-refractivity contribution in [1.29, 1.82) is 0 Å². The molecule has 0 aromatic heterocycles. The molecule has 138 valence electrons. The van der Waals surface area contributed by atoms with Crippen LogP contribution < -0.4 is 15.5 Å². The summed E-state index contributed by atoms with van der Waals surface area (Å²) in [6.45, 7) is 10.7. The van der Waals surface area contributed by atoms with Crippen LogP contribution in [0.15, 0.2) is 24.3 Å². The van der Waals surface area contributed by atoms with Gasteiger partial charge in [0.15, 0.2) is 0 Å². The molecule has 5 nitrogen and oxygen atoms in total. The summed E-state index contributed by atoms with van der Waals surface area (Å²) in [6, 6.07) is 9.16. The molecule has 2 N–H and O–H groups in total. The number of morpholine rings is 1. The highest BCUT2D eigenvalue weighted by atomic mass is 16.5. The van der Waals surface area contributed by atoms with Gasteiger partial charge in [-0.2, -0.15) is 0 Å². The van der Waals surface area contributed by atoms with Gasteiger partial charge in [0, 0.05) is 37.9 Å². The van der Waals surface area contributed by atoms with Gasteiger partial charge in [0.2, 0.25) is 0 Å². The Hall–Kier alpha value is -1.59. The van der Waals surface area contributed by atoms with Crippen LogP contribution >= 0.6 is 0 Å². The zero-order valence-corrected chi connectivity index (χ0v) is 15.7. The number of benzene rings is 1. The summed E-state index contributed by atoms with van der Waals surface area (Å²) in [5.74, 6) is 0.0279. The molecule has 2 aliphatic rings. The lowest BCUT2D eigenvalue weighted by atomic mass is 9.87. The van der Waals surface area contributed by atoms with Crippen molar-refractivity contribution < 1.29 is 9.53 Å². The van der Waals surface area contributed by atoms with Crippen molar-refractivity contribution in [2.24, 2.45) is 0 Å². The van der Waals surface area contributed by atoms with Crippen molar-refractivity contribution in [2.45, 2.75) is 51.2 Å². The molecule has 0 aliphatic carbocycles. The minimum Gasteiger partial charge on any atom is -0.371 e. The van der Waals surface area contributed by atoms with Crippen LogP contribution in [0.2, 0.25) is 0 Å². The third-order valence-corrected chi connectivity index (χ3v) is 5.16. The van der Waals surface area contributed by atoms with E-state index in [1.807, 2.05) is 0 Å². The number of carbonyl (C=O) groups is 1. The maximum Gasteiger partial charge on any atom is 0.250 e. The number of amides is 1. The SMILES string of the molecule is CC(C)(C)c1ccc(N2CCC(NC(=O)C3CNCCO3)CC2)cc1. The first-order valence-corrected chi connectivity index (χ1v) is 9.42. The molecule has 1 amide bonds. The number of anilines is 1. The lowest BCUT2D eigenvalue weighted by Crippen LogP contribution is -2.52. The number of nitrogens with one attached hydrogen (secondary N) is 2. The fourth-order valence-electron chi connectivity index (χ4n) is 3.48. The summed E-state index contributed by atoms with van der Waals surface area (Å²) in [7, 11) is 0. The molecule has 1 aromatic carbocycles. The Labute approximate surface area is 151 Å². The van der Waals surface area contributed by atoms with E-state index in [9.17, 15) is 4.79 Å². The maximum atomic E-state index is 12.3. The predicted octanol–water partition coefficient (Wildman–Crippen LogP) is 2.06. The molecule has 2 heterocycles. The molecule has 5 heteroatoms. The van der Waals surface area contributed by atoms with E-state index in [1.165, 1.54) is 11.3 Å². The molecule has 2 saturated heterocycles. The van der Waals surface area contributed by atoms with Crippen molar-refractivity contribution in [3.05, 3.63) is 29.8 Å². The third kappa shape index (κ3) is 4.73. The quantitative estimate of drug-likeness (QED) is 0.880. The smallest absolute Gasteiger partial charge is 0.250 e. The van der Waals surface area contributed by atoms with E-state index < -0.39 is 0 Å². The van der Waals surface area contributed by atoms with Gasteiger partial charge in [0.1, 0.15) is 6.10 Å². The van der Waals surface area contributed by atoms with Crippen molar-refractivity contribution in [3.63, 3.8) is 0 Å². The van der Waals surface area contributed by atoms with Gasteiger partial charge >= 0.3 is 0 Å². The first-order chi connectivity index (χ1) is 11.9. The first-order valence-electron chi connectivity index (χ1n) is 9.42. The third-order valence-electron chi connectivity index (χ3n) is 5.16. The highest BCUT2D eigenvalue weighted by Crippen LogP contribution is 2.26. The van der Waals surface area contributed by atoms with E-state index in [2.05, 4.69) is 60.6 Å². The Morgan fingerprint density at radius 1 is 1.20 bits per heavy atom. The standard InChI is InChI=1S/C20H31N3O2/c1-20(2,3)15-4-6-17(7-5-15)23-11-8-16(9-12-23)22-19(24)18-14-21-10-13-25-18/h4-7,16,18,21H,8-14H2,1-3H3,(H,22,24). The van der Waals surface area contributed by atoms with Crippen molar-refractivity contribution in [1.82, 2.24) is 10.6 Å². The van der Waals surface area contributed by atoms with Gasteiger partial charge in [-0.3, -0.25) is 4.79 Å². The number of rotatable bonds is 3. The van der Waals surface area contributed by atoms with Crippen LogP contribution in [0.5, 0.6) is 0 Å². The Balaban J connectivity index is 1.49. The van der Waals surface area contributed by atoms with Crippen LogP contribution in [0.25, 0.3) is 0 Å². The summed E-state index contributed by atoms with van der Waals surface area (Å²) in [5.41, 5.74) is 2.82. The Bertz CT molecular complexity index is 566. The van der Waals surface area contributed by atoms with Gasteiger partial charge < -0.3 is 20.3 Å². The first kappa shape index (κ1) is 18.2. The van der Waals surface area contributed by atoms with E-state index in [4.69, 9.17) is 4.74 Å². The van der Waals surface area contributed by atoms with Gasteiger partial charge in [0.05, 0.1) is 6.61 Å². The minimum absolute atomic E-state index is 0.0279. The van der Waals surface area contributed by atoms with Crippen LogP contribution in [0.4, 0.5) is 5.69 Å². The number of piperidine rings is 1. The molecule has 2 fully saturated rings. The second-order valence-corrected chi connectivity index (χ2v) is 8.13. The Morgan fingerprint density at radius 3 is 2.44 bits per heavy atom. The number of nitrogens with zero attached hydrogens (tertiary/aromatic N) is 1. The number of ether oxygens (including phenoxy) is 1. The lowest BCUT2D eigenvalue weighted by molar-refractivity contribution is -0.135. The molecule has 0 saturated carbocycles. The second kappa shape index (κ2) is 7.75. The van der Waals surface area contributed by atoms with Crippen molar-refractivity contribution in [3.8, 4) is 0 Å². The molecule has 1 unspecified atom stereocenters. The zero-order chi connectivity index (χ0) is 17.9. The average Bonchev–Trinajstić information content (AvgIpc) is 2.62. The van der Waals surface area contributed by atoms with Crippen LogP contribution in [0.1, 0.15) is 39.2 Å². The van der Waals surface area contributed by atoms with Crippen molar-refractivity contribution in [2.75, 3.05) is 37.7 Å². The predicted molar refractivity (Wildman–Crippen MR) is 101 cm³/mol. The lowest BCUT2D eigenvalue weighted by Gasteiger charge is -2.35. The Kier molecular flexibility index (Phi) is 5.64. The summed E-state index contributed by atoms with van der Waals surface area (Å²) >= 11 is 0. The summed E-state index contributed by atoms with van der Waals surface area (Å²) in [4.78, 5) is 14.7. The van der Waals surface area contributed by atoms with E-state index in [0.29, 0.717) is 13.2 Å². The molecular weight excluding hydrogens is 314 g/mol. The average molecular weight is 345 g/mol. The second-order valence-electron chi connectivity index (χ2n) is 8.13. The molecule has 25 heavy (non-hydrogen) atoms. The van der Waals surface area contributed by atoms with E-state index in [0.717, 1.165) is 32.5 Å². The molecule has 1 atom stereocenters. The van der Waals surface area contributed by atoms with Gasteiger partial charge in [-0.15, -0.1) is 0 Å². The summed E-state index contributed by atoms with van der Waals surface area (Å²) in [5, 5.41) is 6.36. The topological polar surface area (TPSA) is 53.6 Å². The molecule has 1 aromatic rings. The molecule has 3 rings (SSSR count). The summed E-state index contributed by atoms with van der Waals surface area (Å²) < 4.78 is 5.53. The molecule has 0 bridgehead atoms. The van der Waals surface area contributed by atoms with Gasteiger partial charge in [-0.05, 0) is 36.0 Å². The molecular formula is C20H31N3O2. The normalized spacial score (nSPS) is 22.7. The zero-order valence-electron chi connectivity index (χ0n) is 15.7. The maximum absolute atomic E-state index is 12.3. The fraction of sp³-hybridized carbons (Fsp3) is 0.650. The minimum atomic E-state index is -0.336. The van der Waals surface area contributed by atoms with E-state index in [-0.39, 0.29) is 23.5 Å². The van der Waals surface area contributed by atoms with E-state index >= 15 is 0 Å². The monoisotopic (exact) mass is 345 g/mol. The largest absolute Gasteiger partial charge is 0.371 e. The van der Waals surface area contributed by atoms with Crippen molar-refractivity contribution >= 4 is 11.6 Å². The highest BCUT2D eigenvalue weighted by Gasteiger charge is 2.26. The molecule has 0 radical (unpaired) electrons. The van der Waals surface area contributed by atoms with Gasteiger partial charge in [-0.25, -0.2) is 0 Å². The van der Waals surface area contributed by atoms with E-state index in [1.54, 1.807) is 0 Å². The van der Waals surface area contributed by atoms with Gasteiger partial charge in [0.25, 0.3) is 5.91 Å². The van der Waals surface area contributed by atoms with Crippen LogP contribution in [0.3, 0.4) is 0 Å². The molecule has 0 spiro atoms. The highest BCUT2D eigenvalue weighted by molar-refractivity contribution is 5.81. The van der Waals surface area contributed by atoms with Crippen LogP contribution in [-0.4, -0.2) is 50.8 Å². The Morgan fingerprint density at radius 2 is 1.88 bits per heavy atom. The van der Waals surface area contributed by atoms with Crippen LogP contribution in [-0.2, 0) is 14.9 Å². The number of carbonyl (C=O) groups excluding carboxylic acids is 1.